The van der Waals surface area contributed by atoms with Gasteiger partial charge in [0.05, 0.1) is 6.42 Å². The summed E-state index contributed by atoms with van der Waals surface area (Å²) in [5.41, 5.74) is 2.51. The number of carboxylic acids is 1. The summed E-state index contributed by atoms with van der Waals surface area (Å²) in [4.78, 5) is 22.3. The fraction of sp³-hybridized carbons (Fsp3) is 0.125. The minimum atomic E-state index is -0.927. The van der Waals surface area contributed by atoms with Crippen molar-refractivity contribution in [3.05, 3.63) is 60.2 Å². The second-order valence-corrected chi connectivity index (χ2v) is 4.35. The fourth-order valence-corrected chi connectivity index (χ4v) is 1.86. The van der Waals surface area contributed by atoms with Crippen LogP contribution >= 0.6 is 0 Å². The summed E-state index contributed by atoms with van der Waals surface area (Å²) in [5, 5.41) is 11.1. The molecule has 0 saturated carbocycles. The average molecular weight is 269 g/mol. The van der Waals surface area contributed by atoms with Gasteiger partial charge in [-0.15, -0.1) is 0 Å². The number of benzene rings is 2. The van der Waals surface area contributed by atoms with Crippen LogP contribution < -0.4 is 5.32 Å². The van der Waals surface area contributed by atoms with Crippen molar-refractivity contribution in [3.63, 3.8) is 0 Å². The molecular formula is C16H15NO3. The zero-order valence-corrected chi connectivity index (χ0v) is 10.9. The van der Waals surface area contributed by atoms with E-state index in [-0.39, 0.29) is 18.9 Å². The topological polar surface area (TPSA) is 66.4 Å². The summed E-state index contributed by atoms with van der Waals surface area (Å²) in [7, 11) is 0. The summed E-state index contributed by atoms with van der Waals surface area (Å²) < 4.78 is 0. The van der Waals surface area contributed by atoms with Gasteiger partial charge in [0, 0.05) is 12.1 Å². The van der Waals surface area contributed by atoms with Crippen molar-refractivity contribution >= 4 is 11.9 Å². The van der Waals surface area contributed by atoms with Gasteiger partial charge in [0.25, 0.3) is 5.91 Å². The Kier molecular flexibility index (Phi) is 4.50. The third-order valence-electron chi connectivity index (χ3n) is 2.86. The second kappa shape index (κ2) is 6.52. The molecule has 2 aromatic rings. The highest BCUT2D eigenvalue weighted by Crippen LogP contribution is 2.19. The molecule has 20 heavy (non-hydrogen) atoms. The van der Waals surface area contributed by atoms with Crippen LogP contribution in [0.4, 0.5) is 0 Å². The first-order chi connectivity index (χ1) is 9.66. The second-order valence-electron chi connectivity index (χ2n) is 4.35. The van der Waals surface area contributed by atoms with Crippen LogP contribution in [0.25, 0.3) is 11.1 Å². The van der Waals surface area contributed by atoms with Crippen LogP contribution in [0.3, 0.4) is 0 Å². The van der Waals surface area contributed by atoms with E-state index < -0.39 is 5.97 Å². The predicted molar refractivity (Wildman–Crippen MR) is 76.5 cm³/mol. The summed E-state index contributed by atoms with van der Waals surface area (Å²) >= 11 is 0. The summed E-state index contributed by atoms with van der Waals surface area (Å²) in [6.45, 7) is 0.129. The van der Waals surface area contributed by atoms with Crippen LogP contribution in [0.2, 0.25) is 0 Å². The monoisotopic (exact) mass is 269 g/mol. The van der Waals surface area contributed by atoms with E-state index in [1.54, 1.807) is 12.1 Å². The molecule has 2 rings (SSSR count). The Hall–Kier alpha value is -2.62. The van der Waals surface area contributed by atoms with E-state index in [0.29, 0.717) is 5.56 Å². The Morgan fingerprint density at radius 2 is 1.65 bits per heavy atom. The molecule has 0 aliphatic carbocycles. The maximum absolute atomic E-state index is 11.9. The Morgan fingerprint density at radius 1 is 0.950 bits per heavy atom. The van der Waals surface area contributed by atoms with Crippen LogP contribution in [0.5, 0.6) is 0 Å². The van der Waals surface area contributed by atoms with Gasteiger partial charge in [-0.05, 0) is 23.3 Å². The van der Waals surface area contributed by atoms with Gasteiger partial charge < -0.3 is 10.4 Å². The van der Waals surface area contributed by atoms with E-state index in [9.17, 15) is 9.59 Å². The number of hydrogen-bond donors (Lipinski definition) is 2. The third-order valence-corrected chi connectivity index (χ3v) is 2.86. The van der Waals surface area contributed by atoms with Gasteiger partial charge in [-0.2, -0.15) is 0 Å². The number of nitrogens with one attached hydrogen (secondary N) is 1. The summed E-state index contributed by atoms with van der Waals surface area (Å²) in [6, 6.07) is 17.0. The quantitative estimate of drug-likeness (QED) is 0.876. The summed E-state index contributed by atoms with van der Waals surface area (Å²) in [6.07, 6.45) is -0.0793. The van der Waals surface area contributed by atoms with Crippen LogP contribution in [0, 0.1) is 0 Å². The smallest absolute Gasteiger partial charge is 0.305 e. The van der Waals surface area contributed by atoms with E-state index in [4.69, 9.17) is 5.11 Å². The van der Waals surface area contributed by atoms with Crippen molar-refractivity contribution in [1.82, 2.24) is 5.32 Å². The van der Waals surface area contributed by atoms with Crippen molar-refractivity contribution in [2.75, 3.05) is 6.54 Å². The molecule has 0 fully saturated rings. The minimum absolute atomic E-state index is 0.0793. The number of aliphatic carboxylic acids is 1. The average Bonchev–Trinajstić information content (AvgIpc) is 2.48. The van der Waals surface area contributed by atoms with E-state index in [0.717, 1.165) is 11.1 Å². The van der Waals surface area contributed by atoms with Crippen LogP contribution in [0.1, 0.15) is 16.8 Å². The number of carbonyl (C=O) groups excluding carboxylic acids is 1. The van der Waals surface area contributed by atoms with Crippen molar-refractivity contribution in [2.45, 2.75) is 6.42 Å². The Labute approximate surface area is 117 Å². The maximum Gasteiger partial charge on any atom is 0.305 e. The number of rotatable bonds is 5. The van der Waals surface area contributed by atoms with Gasteiger partial charge in [0.1, 0.15) is 0 Å². The molecule has 0 aliphatic heterocycles. The molecule has 0 spiro atoms. The molecule has 0 unspecified atom stereocenters. The fourth-order valence-electron chi connectivity index (χ4n) is 1.86. The van der Waals surface area contributed by atoms with Gasteiger partial charge in [0.15, 0.2) is 0 Å². The van der Waals surface area contributed by atoms with Crippen LogP contribution in [-0.4, -0.2) is 23.5 Å². The molecule has 2 N–H and O–H groups in total. The Balaban J connectivity index is 2.10. The molecule has 1 amide bonds. The van der Waals surface area contributed by atoms with E-state index in [2.05, 4.69) is 5.32 Å². The largest absolute Gasteiger partial charge is 0.481 e. The molecule has 4 heteroatoms. The van der Waals surface area contributed by atoms with Crippen LogP contribution in [0.15, 0.2) is 54.6 Å². The maximum atomic E-state index is 11.9. The number of amides is 1. The molecule has 0 atom stereocenters. The van der Waals surface area contributed by atoms with Gasteiger partial charge in [0.2, 0.25) is 0 Å². The highest BCUT2D eigenvalue weighted by molar-refractivity contribution is 5.95. The molecule has 0 saturated heterocycles. The van der Waals surface area contributed by atoms with Crippen LogP contribution in [-0.2, 0) is 4.79 Å². The van der Waals surface area contributed by atoms with Gasteiger partial charge in [-0.25, -0.2) is 0 Å². The van der Waals surface area contributed by atoms with Crippen molar-refractivity contribution in [3.8, 4) is 11.1 Å². The molecule has 0 aromatic heterocycles. The molecule has 0 aliphatic rings. The van der Waals surface area contributed by atoms with E-state index >= 15 is 0 Å². The molecule has 0 heterocycles. The lowest BCUT2D eigenvalue weighted by Crippen LogP contribution is -2.25. The molecule has 0 bridgehead atoms. The predicted octanol–water partition coefficient (Wildman–Crippen LogP) is 2.56. The van der Waals surface area contributed by atoms with E-state index in [1.165, 1.54) is 0 Å². The minimum Gasteiger partial charge on any atom is -0.481 e. The van der Waals surface area contributed by atoms with Crippen molar-refractivity contribution in [1.29, 1.82) is 0 Å². The normalized spacial score (nSPS) is 10.0. The zero-order chi connectivity index (χ0) is 14.4. The highest BCUT2D eigenvalue weighted by Gasteiger charge is 2.07. The van der Waals surface area contributed by atoms with Gasteiger partial charge in [-0.3, -0.25) is 9.59 Å². The first kappa shape index (κ1) is 13.8. The lowest BCUT2D eigenvalue weighted by atomic mass is 10.0. The summed E-state index contributed by atoms with van der Waals surface area (Å²) in [5.74, 6) is -1.19. The first-order valence-electron chi connectivity index (χ1n) is 6.32. The molecular weight excluding hydrogens is 254 g/mol. The Morgan fingerprint density at radius 3 is 2.35 bits per heavy atom. The van der Waals surface area contributed by atoms with Gasteiger partial charge in [-0.1, -0.05) is 42.5 Å². The lowest BCUT2D eigenvalue weighted by molar-refractivity contribution is -0.136. The lowest BCUT2D eigenvalue weighted by Gasteiger charge is -2.06. The molecule has 4 nitrogen and oxygen atoms in total. The number of hydrogen-bond acceptors (Lipinski definition) is 2. The third kappa shape index (κ3) is 3.68. The number of carboxylic acid groups (broad SMARTS) is 1. The van der Waals surface area contributed by atoms with Crippen molar-refractivity contribution < 1.29 is 14.7 Å². The van der Waals surface area contributed by atoms with Crippen molar-refractivity contribution in [2.24, 2.45) is 0 Å². The highest BCUT2D eigenvalue weighted by atomic mass is 16.4. The zero-order valence-electron chi connectivity index (χ0n) is 10.9. The molecule has 0 radical (unpaired) electrons. The Bertz CT molecular complexity index is 608. The number of carbonyl (C=O) groups is 2. The SMILES string of the molecule is O=C(O)CCNC(=O)c1cccc(-c2ccccc2)c1. The molecule has 102 valence electrons. The van der Waals surface area contributed by atoms with Gasteiger partial charge >= 0.3 is 5.97 Å². The molecule has 2 aromatic carbocycles. The van der Waals surface area contributed by atoms with E-state index in [1.807, 2.05) is 42.5 Å². The first-order valence-corrected chi connectivity index (χ1v) is 6.32. The standard InChI is InChI=1S/C16H15NO3/c18-15(19)9-10-17-16(20)14-8-4-7-13(11-14)12-5-2-1-3-6-12/h1-8,11H,9-10H2,(H,17,20)(H,18,19).